The minimum absolute atomic E-state index is 0.0271. The third-order valence-corrected chi connectivity index (χ3v) is 5.65. The largest absolute Gasteiger partial charge is 0.393 e. The molecule has 1 nitrogen and oxygen atoms in total. The average molecular weight is 288 g/mol. The first-order chi connectivity index (χ1) is 9.90. The summed E-state index contributed by atoms with van der Waals surface area (Å²) in [6, 6.07) is 0. The fourth-order valence-electron chi connectivity index (χ4n) is 3.88. The maximum Gasteiger partial charge on any atom is 0.0602 e. The highest BCUT2D eigenvalue weighted by Gasteiger charge is 2.39. The molecule has 2 bridgehead atoms. The number of aliphatic hydroxyl groups is 1. The molecule has 0 spiro atoms. The highest BCUT2D eigenvalue weighted by molar-refractivity contribution is 5.14. The Hall–Kier alpha value is -0.820. The van der Waals surface area contributed by atoms with Crippen LogP contribution >= 0.6 is 0 Å². The van der Waals surface area contributed by atoms with Gasteiger partial charge in [0.15, 0.2) is 0 Å². The zero-order valence-electron chi connectivity index (χ0n) is 14.1. The van der Waals surface area contributed by atoms with E-state index in [1.54, 1.807) is 0 Å². The van der Waals surface area contributed by atoms with Crippen LogP contribution in [0.1, 0.15) is 72.1 Å². The van der Waals surface area contributed by atoms with E-state index >= 15 is 0 Å². The van der Waals surface area contributed by atoms with Crippen molar-refractivity contribution in [3.8, 4) is 0 Å². The molecule has 3 aliphatic rings. The lowest BCUT2D eigenvalue weighted by Crippen LogP contribution is -2.39. The van der Waals surface area contributed by atoms with Crippen LogP contribution in [-0.4, -0.2) is 11.2 Å². The number of hydrogen-bond donors (Lipinski definition) is 1. The summed E-state index contributed by atoms with van der Waals surface area (Å²) < 4.78 is 0. The lowest BCUT2D eigenvalue weighted by Gasteiger charge is -2.43. The second-order valence-electron chi connectivity index (χ2n) is 7.65. The van der Waals surface area contributed by atoms with E-state index in [2.05, 4.69) is 39.5 Å². The van der Waals surface area contributed by atoms with Crippen LogP contribution in [0.3, 0.4) is 0 Å². The van der Waals surface area contributed by atoms with Crippen molar-refractivity contribution in [2.75, 3.05) is 0 Å². The van der Waals surface area contributed by atoms with Crippen LogP contribution in [0, 0.1) is 11.3 Å². The summed E-state index contributed by atoms with van der Waals surface area (Å²) >= 11 is 0. The Labute approximate surface area is 130 Å². The minimum Gasteiger partial charge on any atom is -0.393 e. The second kappa shape index (κ2) is 6.96. The van der Waals surface area contributed by atoms with E-state index in [-0.39, 0.29) is 11.5 Å². The molecule has 0 radical (unpaired) electrons. The number of fused-ring (bicyclic) bond motifs is 9. The van der Waals surface area contributed by atoms with E-state index < -0.39 is 0 Å². The number of rotatable bonds is 0. The van der Waals surface area contributed by atoms with Gasteiger partial charge in [0.25, 0.3) is 0 Å². The van der Waals surface area contributed by atoms with Crippen molar-refractivity contribution in [2.45, 2.75) is 78.2 Å². The monoisotopic (exact) mass is 288 g/mol. The Morgan fingerprint density at radius 3 is 2.57 bits per heavy atom. The molecule has 3 aliphatic carbocycles. The van der Waals surface area contributed by atoms with Crippen LogP contribution in [-0.2, 0) is 0 Å². The van der Waals surface area contributed by atoms with Crippen LogP contribution in [0.2, 0.25) is 0 Å². The van der Waals surface area contributed by atoms with E-state index in [9.17, 15) is 5.11 Å². The summed E-state index contributed by atoms with van der Waals surface area (Å²) in [7, 11) is 0. The normalized spacial score (nSPS) is 40.9. The Kier molecular flexibility index (Phi) is 5.48. The third kappa shape index (κ3) is 4.32. The fraction of sp³-hybridized carbons (Fsp3) is 0.700. The summed E-state index contributed by atoms with van der Waals surface area (Å²) in [5.41, 5.74) is 4.38. The molecule has 0 amide bonds. The molecule has 1 saturated carbocycles. The van der Waals surface area contributed by atoms with Crippen LogP contribution in [0.15, 0.2) is 35.5 Å². The van der Waals surface area contributed by atoms with E-state index in [1.807, 2.05) is 0 Å². The molecule has 3 rings (SSSR count). The van der Waals surface area contributed by atoms with Crippen LogP contribution in [0.5, 0.6) is 0 Å². The lowest BCUT2D eigenvalue weighted by molar-refractivity contribution is -0.00476. The van der Waals surface area contributed by atoms with Crippen molar-refractivity contribution >= 4 is 0 Å². The van der Waals surface area contributed by atoms with Gasteiger partial charge in [0.2, 0.25) is 0 Å². The number of allylic oxidation sites excluding steroid dienone is 5. The van der Waals surface area contributed by atoms with Gasteiger partial charge in [-0.05, 0) is 76.5 Å². The van der Waals surface area contributed by atoms with Gasteiger partial charge in [-0.15, -0.1) is 0 Å². The van der Waals surface area contributed by atoms with Crippen molar-refractivity contribution in [1.29, 1.82) is 0 Å². The van der Waals surface area contributed by atoms with Gasteiger partial charge in [-0.1, -0.05) is 42.4 Å². The Morgan fingerprint density at radius 2 is 1.81 bits per heavy atom. The topological polar surface area (TPSA) is 20.2 Å². The van der Waals surface area contributed by atoms with Gasteiger partial charge >= 0.3 is 0 Å². The molecule has 21 heavy (non-hydrogen) atoms. The van der Waals surface area contributed by atoms with Gasteiger partial charge in [-0.25, -0.2) is 0 Å². The van der Waals surface area contributed by atoms with E-state index in [1.165, 1.54) is 29.6 Å². The molecule has 3 atom stereocenters. The minimum atomic E-state index is -0.172. The Bertz CT molecular complexity index is 443. The molecule has 0 heterocycles. The van der Waals surface area contributed by atoms with Gasteiger partial charge in [0.1, 0.15) is 0 Å². The zero-order valence-corrected chi connectivity index (χ0v) is 14.1. The summed E-state index contributed by atoms with van der Waals surface area (Å²) in [6.07, 6.45) is 13.3. The molecule has 0 unspecified atom stereocenters. The second-order valence-corrected chi connectivity index (χ2v) is 7.65. The maximum atomic E-state index is 10.6. The van der Waals surface area contributed by atoms with Crippen LogP contribution in [0.25, 0.3) is 0 Å². The predicted molar refractivity (Wildman–Crippen MR) is 91.2 cm³/mol. The first kappa shape index (κ1) is 16.5. The molecule has 0 aliphatic heterocycles. The van der Waals surface area contributed by atoms with Gasteiger partial charge in [-0.3, -0.25) is 0 Å². The van der Waals surface area contributed by atoms with E-state index in [4.69, 9.17) is 0 Å². The highest BCUT2D eigenvalue weighted by atomic mass is 16.3. The Morgan fingerprint density at radius 1 is 1.14 bits per heavy atom. The van der Waals surface area contributed by atoms with Crippen molar-refractivity contribution in [2.24, 2.45) is 11.3 Å². The van der Waals surface area contributed by atoms with Crippen molar-refractivity contribution in [3.63, 3.8) is 0 Å². The van der Waals surface area contributed by atoms with Gasteiger partial charge < -0.3 is 5.11 Å². The smallest absolute Gasteiger partial charge is 0.0602 e. The molecule has 0 aromatic rings. The quantitative estimate of drug-likeness (QED) is 0.578. The first-order valence-corrected chi connectivity index (χ1v) is 8.58. The van der Waals surface area contributed by atoms with Crippen LogP contribution < -0.4 is 0 Å². The molecular weight excluding hydrogens is 256 g/mol. The SMILES string of the molecule is C=C1C[C@]2(C)CC/C=C(\C)CC/C=C(\C)CC[C@@H]1C[C@@H]2O. The van der Waals surface area contributed by atoms with Crippen molar-refractivity contribution < 1.29 is 5.11 Å². The molecule has 0 aromatic heterocycles. The van der Waals surface area contributed by atoms with E-state index in [0.717, 1.165) is 38.5 Å². The summed E-state index contributed by atoms with van der Waals surface area (Å²) in [5, 5.41) is 10.6. The summed E-state index contributed by atoms with van der Waals surface area (Å²) in [4.78, 5) is 0. The van der Waals surface area contributed by atoms with Crippen LogP contribution in [0.4, 0.5) is 0 Å². The Balaban J connectivity index is 2.17. The standard InChI is InChI=1S/C20H32O/c1-15-7-5-8-16(2)10-11-18-13-19(21)20(4,12-6-9-15)14-17(18)3/h8-9,18-19,21H,3,5-7,10-14H2,1-2,4H3/b15-9+,16-8+/t18-,19+,20+/m1/s1. The molecule has 1 N–H and O–H groups in total. The van der Waals surface area contributed by atoms with Crippen molar-refractivity contribution in [1.82, 2.24) is 0 Å². The molecular formula is C20H32O. The molecule has 118 valence electrons. The zero-order chi connectivity index (χ0) is 15.5. The lowest BCUT2D eigenvalue weighted by atomic mass is 9.64. The van der Waals surface area contributed by atoms with E-state index in [0.29, 0.717) is 5.92 Å². The fourth-order valence-corrected chi connectivity index (χ4v) is 3.88. The number of aliphatic hydroxyl groups excluding tert-OH is 1. The maximum absolute atomic E-state index is 10.6. The molecule has 1 fully saturated rings. The predicted octanol–water partition coefficient (Wildman–Crippen LogP) is 5.57. The van der Waals surface area contributed by atoms with Gasteiger partial charge in [-0.2, -0.15) is 0 Å². The highest BCUT2D eigenvalue weighted by Crippen LogP contribution is 2.46. The summed E-state index contributed by atoms with van der Waals surface area (Å²) in [6.45, 7) is 11.1. The van der Waals surface area contributed by atoms with Gasteiger partial charge in [0, 0.05) is 0 Å². The summed E-state index contributed by atoms with van der Waals surface area (Å²) in [5.74, 6) is 0.511. The first-order valence-electron chi connectivity index (χ1n) is 8.58. The molecule has 0 saturated heterocycles. The third-order valence-electron chi connectivity index (χ3n) is 5.65. The average Bonchev–Trinajstić information content (AvgIpc) is 2.40. The van der Waals surface area contributed by atoms with Crippen molar-refractivity contribution in [3.05, 3.63) is 35.5 Å². The molecule has 1 heteroatoms. The molecule has 0 aromatic carbocycles. The number of hydrogen-bond acceptors (Lipinski definition) is 1. The van der Waals surface area contributed by atoms with Gasteiger partial charge in [0.05, 0.1) is 6.10 Å².